The summed E-state index contributed by atoms with van der Waals surface area (Å²) in [5.41, 5.74) is 1.42. The molecule has 36 heavy (non-hydrogen) atoms. The van der Waals surface area contributed by atoms with Gasteiger partial charge < -0.3 is 49.6 Å². The van der Waals surface area contributed by atoms with Gasteiger partial charge in [0.25, 0.3) is 5.79 Å². The Morgan fingerprint density at radius 2 is 1.81 bits per heavy atom. The highest BCUT2D eigenvalue weighted by Gasteiger charge is 2.57. The SMILES string of the molecule is CC(CC/C=C(\C)C(=O)O[C@]1(CO)O[C@H](OC2OC=C[C@@H]3CC=C[C@H]23)[C@H](O)[C@@H](O)[C@@H]1O)=C(CO)CO. The predicted octanol–water partition coefficient (Wildman–Crippen LogP) is -0.236. The zero-order chi connectivity index (χ0) is 26.5. The van der Waals surface area contributed by atoms with Crippen LogP contribution in [0.15, 0.2) is 47.3 Å². The van der Waals surface area contributed by atoms with Crippen LogP contribution in [0.1, 0.15) is 33.1 Å². The van der Waals surface area contributed by atoms with Gasteiger partial charge in [-0.1, -0.05) is 23.8 Å². The third-order valence-corrected chi connectivity index (χ3v) is 6.86. The van der Waals surface area contributed by atoms with Gasteiger partial charge in [-0.05, 0) is 50.7 Å². The molecule has 11 heteroatoms. The normalized spacial score (nSPS) is 35.8. The predicted molar refractivity (Wildman–Crippen MR) is 124 cm³/mol. The van der Waals surface area contributed by atoms with E-state index in [9.17, 15) is 35.4 Å². The molecule has 202 valence electrons. The fraction of sp³-hybridized carbons (Fsp3) is 0.640. The summed E-state index contributed by atoms with van der Waals surface area (Å²) in [6.45, 7) is 1.68. The molecule has 1 aliphatic carbocycles. The van der Waals surface area contributed by atoms with Crippen molar-refractivity contribution in [3.8, 4) is 0 Å². The Hall–Kier alpha value is -2.09. The minimum absolute atomic E-state index is 0.137. The zero-order valence-corrected chi connectivity index (χ0v) is 20.4. The van der Waals surface area contributed by atoms with Crippen molar-refractivity contribution in [2.45, 2.75) is 69.8 Å². The molecule has 3 aliphatic rings. The second-order valence-electron chi connectivity index (χ2n) is 9.27. The van der Waals surface area contributed by atoms with Crippen LogP contribution in [0.2, 0.25) is 0 Å². The maximum Gasteiger partial charge on any atom is 0.336 e. The highest BCUT2D eigenvalue weighted by molar-refractivity contribution is 5.88. The number of rotatable bonds is 10. The first-order valence-electron chi connectivity index (χ1n) is 11.9. The van der Waals surface area contributed by atoms with E-state index in [1.165, 1.54) is 13.2 Å². The molecule has 3 rings (SSSR count). The number of esters is 1. The number of hydrogen-bond donors (Lipinski definition) is 6. The van der Waals surface area contributed by atoms with E-state index in [4.69, 9.17) is 18.9 Å². The summed E-state index contributed by atoms with van der Waals surface area (Å²) in [5.74, 6) is -3.35. The van der Waals surface area contributed by atoms with E-state index in [0.29, 0.717) is 18.4 Å². The smallest absolute Gasteiger partial charge is 0.336 e. The molecule has 0 spiro atoms. The number of aliphatic hydroxyl groups is 6. The van der Waals surface area contributed by atoms with E-state index in [0.717, 1.165) is 12.0 Å². The Kier molecular flexibility index (Phi) is 9.84. The Morgan fingerprint density at radius 3 is 2.47 bits per heavy atom. The summed E-state index contributed by atoms with van der Waals surface area (Å²) in [4.78, 5) is 12.8. The molecule has 0 bridgehead atoms. The van der Waals surface area contributed by atoms with Gasteiger partial charge in [0.05, 0.1) is 19.5 Å². The quantitative estimate of drug-likeness (QED) is 0.129. The van der Waals surface area contributed by atoms with Crippen molar-refractivity contribution < 1.29 is 54.4 Å². The van der Waals surface area contributed by atoms with E-state index >= 15 is 0 Å². The second-order valence-corrected chi connectivity index (χ2v) is 9.27. The highest BCUT2D eigenvalue weighted by atomic mass is 16.8. The number of allylic oxidation sites excluding steroid dienone is 4. The molecular weight excluding hydrogens is 476 g/mol. The molecule has 1 fully saturated rings. The Morgan fingerprint density at radius 1 is 1.08 bits per heavy atom. The van der Waals surface area contributed by atoms with Crippen molar-refractivity contribution in [1.29, 1.82) is 0 Å². The minimum atomic E-state index is -2.40. The van der Waals surface area contributed by atoms with E-state index in [1.807, 2.05) is 18.2 Å². The fourth-order valence-corrected chi connectivity index (χ4v) is 4.38. The Balaban J connectivity index is 1.70. The van der Waals surface area contributed by atoms with Crippen LogP contribution in [-0.2, 0) is 23.7 Å². The van der Waals surface area contributed by atoms with Crippen LogP contribution >= 0.6 is 0 Å². The lowest BCUT2D eigenvalue weighted by atomic mass is 9.93. The third-order valence-electron chi connectivity index (χ3n) is 6.86. The summed E-state index contributed by atoms with van der Waals surface area (Å²) in [7, 11) is 0. The molecule has 0 radical (unpaired) electrons. The number of aliphatic hydroxyl groups excluding tert-OH is 6. The largest absolute Gasteiger partial charge is 0.472 e. The van der Waals surface area contributed by atoms with Crippen molar-refractivity contribution in [3.63, 3.8) is 0 Å². The van der Waals surface area contributed by atoms with Crippen molar-refractivity contribution in [2.75, 3.05) is 19.8 Å². The second kappa shape index (κ2) is 12.4. The summed E-state index contributed by atoms with van der Waals surface area (Å²) in [6.07, 6.45) is 2.48. The average Bonchev–Trinajstić information content (AvgIpc) is 3.36. The van der Waals surface area contributed by atoms with Gasteiger partial charge in [0.1, 0.15) is 18.8 Å². The van der Waals surface area contributed by atoms with Gasteiger partial charge in [-0.2, -0.15) is 0 Å². The lowest BCUT2D eigenvalue weighted by Gasteiger charge is -2.47. The Bertz CT molecular complexity index is 888. The first-order valence-corrected chi connectivity index (χ1v) is 11.9. The topological polar surface area (TPSA) is 175 Å². The van der Waals surface area contributed by atoms with Crippen molar-refractivity contribution in [1.82, 2.24) is 0 Å². The van der Waals surface area contributed by atoms with Gasteiger partial charge in [0.15, 0.2) is 12.4 Å². The van der Waals surface area contributed by atoms with Gasteiger partial charge in [-0.15, -0.1) is 0 Å². The van der Waals surface area contributed by atoms with Crippen LogP contribution in [0, 0.1) is 11.8 Å². The summed E-state index contributed by atoms with van der Waals surface area (Å²) >= 11 is 0. The van der Waals surface area contributed by atoms with E-state index in [1.54, 1.807) is 13.0 Å². The van der Waals surface area contributed by atoms with E-state index in [2.05, 4.69) is 0 Å². The molecule has 2 aliphatic heterocycles. The number of fused-ring (bicyclic) bond motifs is 1. The molecule has 8 atom stereocenters. The van der Waals surface area contributed by atoms with E-state index in [-0.39, 0.29) is 30.6 Å². The lowest BCUT2D eigenvalue weighted by molar-refractivity contribution is -0.414. The van der Waals surface area contributed by atoms with Crippen LogP contribution < -0.4 is 0 Å². The molecule has 0 saturated carbocycles. The monoisotopic (exact) mass is 512 g/mol. The molecule has 1 unspecified atom stereocenters. The van der Waals surface area contributed by atoms with Crippen molar-refractivity contribution in [2.24, 2.45) is 11.8 Å². The van der Waals surface area contributed by atoms with E-state index < -0.39 is 49.3 Å². The lowest BCUT2D eigenvalue weighted by Crippen LogP contribution is -2.68. The maximum absolute atomic E-state index is 12.8. The first-order chi connectivity index (χ1) is 17.2. The molecule has 1 saturated heterocycles. The highest BCUT2D eigenvalue weighted by Crippen LogP contribution is 2.38. The van der Waals surface area contributed by atoms with Gasteiger partial charge >= 0.3 is 5.97 Å². The summed E-state index contributed by atoms with van der Waals surface area (Å²) < 4.78 is 22.2. The molecule has 6 N–H and O–H groups in total. The molecule has 0 aromatic carbocycles. The van der Waals surface area contributed by atoms with Crippen LogP contribution in [0.5, 0.6) is 0 Å². The number of carbonyl (C=O) groups is 1. The average molecular weight is 513 g/mol. The summed E-state index contributed by atoms with van der Waals surface area (Å²) in [5, 5.41) is 60.0. The minimum Gasteiger partial charge on any atom is -0.472 e. The van der Waals surface area contributed by atoms with Gasteiger partial charge in [0.2, 0.25) is 6.29 Å². The van der Waals surface area contributed by atoms with Crippen LogP contribution in [0.4, 0.5) is 0 Å². The van der Waals surface area contributed by atoms with Gasteiger partial charge in [0, 0.05) is 11.5 Å². The Labute approximate surface area is 209 Å². The molecule has 2 heterocycles. The molecule has 0 aromatic rings. The maximum atomic E-state index is 12.8. The van der Waals surface area contributed by atoms with Crippen LogP contribution in [-0.4, -0.2) is 93.1 Å². The number of hydrogen-bond acceptors (Lipinski definition) is 11. The first kappa shape index (κ1) is 28.5. The molecule has 11 nitrogen and oxygen atoms in total. The van der Waals surface area contributed by atoms with Gasteiger partial charge in [-0.3, -0.25) is 0 Å². The number of ether oxygens (including phenoxy) is 4. The van der Waals surface area contributed by atoms with Crippen molar-refractivity contribution in [3.05, 3.63) is 47.3 Å². The van der Waals surface area contributed by atoms with Crippen molar-refractivity contribution >= 4 is 5.97 Å². The summed E-state index contributed by atoms with van der Waals surface area (Å²) in [6, 6.07) is 0. The van der Waals surface area contributed by atoms with Gasteiger partial charge in [-0.25, -0.2) is 4.79 Å². The van der Waals surface area contributed by atoms with Crippen LogP contribution in [0.3, 0.4) is 0 Å². The number of carbonyl (C=O) groups excluding carboxylic acids is 1. The molecule has 0 amide bonds. The molecule has 0 aromatic heterocycles. The van der Waals surface area contributed by atoms with Crippen LogP contribution in [0.25, 0.3) is 0 Å². The molecular formula is C25H36O11. The fourth-order valence-electron chi connectivity index (χ4n) is 4.38. The third kappa shape index (κ3) is 6.06. The zero-order valence-electron chi connectivity index (χ0n) is 20.4. The standard InChI is InChI=1S/C25H36O11/c1-14(17(11-26)12-27)5-3-6-15(2)22(32)35-25(13-28)21(31)19(29)20(30)24(36-25)34-23-18-8-4-7-16(18)9-10-33-23/h4,6,8-10,16,18-21,23-24,26-31H,3,5,7,11-13H2,1-2H3/b15-6+/t16-,18-,19+,20+,21-,23?,24-,25+/m0/s1.